The number of anilines is 2. The Balaban J connectivity index is 1.84. The number of hydrogen-bond donors (Lipinski definition) is 1. The highest BCUT2D eigenvalue weighted by molar-refractivity contribution is 7.93. The predicted molar refractivity (Wildman–Crippen MR) is 104 cm³/mol. The summed E-state index contributed by atoms with van der Waals surface area (Å²) in [4.78, 5) is 12.6. The van der Waals surface area contributed by atoms with Crippen LogP contribution in [-0.2, 0) is 10.0 Å². The van der Waals surface area contributed by atoms with E-state index >= 15 is 0 Å². The molecule has 1 aliphatic heterocycles. The number of nitrogens with zero attached hydrogens (tertiary/aromatic N) is 1. The highest BCUT2D eigenvalue weighted by atomic mass is 32.2. The van der Waals surface area contributed by atoms with Crippen LogP contribution in [0, 0.1) is 0 Å². The second-order valence-electron chi connectivity index (χ2n) is 6.04. The molecule has 1 saturated heterocycles. The highest BCUT2D eigenvalue weighted by Crippen LogP contribution is 2.33. The van der Waals surface area contributed by atoms with Gasteiger partial charge in [-0.1, -0.05) is 0 Å². The molecule has 1 N–H and O–H groups in total. The molecule has 7 nitrogen and oxygen atoms in total. The van der Waals surface area contributed by atoms with E-state index < -0.39 is 10.0 Å². The minimum Gasteiger partial charge on any atom is -0.495 e. The number of carbonyl (C=O) groups is 1. The van der Waals surface area contributed by atoms with Gasteiger partial charge in [-0.2, -0.15) is 0 Å². The number of amides is 1. The Morgan fingerprint density at radius 2 is 1.93 bits per heavy atom. The maximum absolute atomic E-state index is 12.6. The molecule has 0 radical (unpaired) electrons. The molecule has 0 unspecified atom stereocenters. The van der Waals surface area contributed by atoms with Gasteiger partial charge in [0.1, 0.15) is 11.5 Å². The summed E-state index contributed by atoms with van der Waals surface area (Å²) in [5.41, 5.74) is 1.38. The molecule has 2 aromatic carbocycles. The molecule has 3 rings (SSSR count). The summed E-state index contributed by atoms with van der Waals surface area (Å²) in [5, 5.41) is 2.79. The molecule has 1 amide bonds. The second kappa shape index (κ2) is 7.87. The third-order valence-electron chi connectivity index (χ3n) is 4.25. The lowest BCUT2D eigenvalue weighted by Gasteiger charge is -2.19. The van der Waals surface area contributed by atoms with Crippen LogP contribution in [0.3, 0.4) is 0 Å². The van der Waals surface area contributed by atoms with Gasteiger partial charge >= 0.3 is 0 Å². The first-order chi connectivity index (χ1) is 12.9. The van der Waals surface area contributed by atoms with Gasteiger partial charge in [-0.15, -0.1) is 0 Å². The summed E-state index contributed by atoms with van der Waals surface area (Å²) in [6.45, 7) is 2.87. The van der Waals surface area contributed by atoms with Gasteiger partial charge in [0.15, 0.2) is 0 Å². The maximum atomic E-state index is 12.6. The van der Waals surface area contributed by atoms with Gasteiger partial charge in [0.2, 0.25) is 10.0 Å². The van der Waals surface area contributed by atoms with Gasteiger partial charge < -0.3 is 14.8 Å². The molecule has 1 heterocycles. The van der Waals surface area contributed by atoms with E-state index in [1.807, 2.05) is 6.92 Å². The van der Waals surface area contributed by atoms with Gasteiger partial charge in [-0.05, 0) is 55.8 Å². The summed E-state index contributed by atoms with van der Waals surface area (Å²) in [6, 6.07) is 11.7. The third-order valence-corrected chi connectivity index (χ3v) is 6.12. The average molecular weight is 390 g/mol. The molecule has 1 aliphatic rings. The Morgan fingerprint density at radius 3 is 2.52 bits per heavy atom. The van der Waals surface area contributed by atoms with E-state index in [4.69, 9.17) is 9.47 Å². The molecule has 1 fully saturated rings. The first-order valence-corrected chi connectivity index (χ1v) is 10.3. The van der Waals surface area contributed by atoms with Crippen molar-refractivity contribution in [2.24, 2.45) is 0 Å². The van der Waals surface area contributed by atoms with Crippen LogP contribution in [0.2, 0.25) is 0 Å². The fraction of sp³-hybridized carbons (Fsp3) is 0.316. The highest BCUT2D eigenvalue weighted by Gasteiger charge is 2.29. The van der Waals surface area contributed by atoms with Gasteiger partial charge in [0.25, 0.3) is 5.91 Å². The van der Waals surface area contributed by atoms with Crippen LogP contribution < -0.4 is 19.1 Å². The van der Waals surface area contributed by atoms with Crippen molar-refractivity contribution in [2.75, 3.05) is 35.6 Å². The second-order valence-corrected chi connectivity index (χ2v) is 8.05. The molecule has 0 saturated carbocycles. The van der Waals surface area contributed by atoms with Crippen molar-refractivity contribution in [2.45, 2.75) is 13.3 Å². The Labute approximate surface area is 158 Å². The van der Waals surface area contributed by atoms with Crippen LogP contribution in [0.4, 0.5) is 11.4 Å². The monoisotopic (exact) mass is 390 g/mol. The summed E-state index contributed by atoms with van der Waals surface area (Å²) >= 11 is 0. The minimum absolute atomic E-state index is 0.132. The molecule has 27 heavy (non-hydrogen) atoms. The van der Waals surface area contributed by atoms with Gasteiger partial charge in [-0.25, -0.2) is 8.42 Å². The number of nitrogens with one attached hydrogen (secondary N) is 1. The van der Waals surface area contributed by atoms with E-state index in [2.05, 4.69) is 5.32 Å². The lowest BCUT2D eigenvalue weighted by Crippen LogP contribution is -2.25. The molecule has 144 valence electrons. The lowest BCUT2D eigenvalue weighted by atomic mass is 10.2. The van der Waals surface area contributed by atoms with E-state index in [1.165, 1.54) is 11.4 Å². The topological polar surface area (TPSA) is 84.9 Å². The number of methoxy groups -OCH3 is 1. The summed E-state index contributed by atoms with van der Waals surface area (Å²) in [7, 11) is -1.81. The van der Waals surface area contributed by atoms with Gasteiger partial charge in [0.05, 0.1) is 30.8 Å². The summed E-state index contributed by atoms with van der Waals surface area (Å²) in [5.74, 6) is 0.952. The summed E-state index contributed by atoms with van der Waals surface area (Å²) < 4.78 is 36.3. The first-order valence-electron chi connectivity index (χ1n) is 8.67. The summed E-state index contributed by atoms with van der Waals surface area (Å²) in [6.07, 6.45) is 0.586. The number of sulfonamides is 1. The van der Waals surface area contributed by atoms with Crippen LogP contribution in [0.25, 0.3) is 0 Å². The van der Waals surface area contributed by atoms with Crippen molar-refractivity contribution in [1.29, 1.82) is 0 Å². The fourth-order valence-electron chi connectivity index (χ4n) is 2.94. The molecular weight excluding hydrogens is 368 g/mol. The van der Waals surface area contributed by atoms with Crippen LogP contribution in [0.15, 0.2) is 42.5 Å². The van der Waals surface area contributed by atoms with Crippen molar-refractivity contribution in [3.8, 4) is 11.5 Å². The standard InChI is InChI=1S/C19H22N2O5S/c1-3-26-16-8-5-14(6-9-16)19(22)20-17-13-15(7-10-18(17)25-2)21-11-4-12-27(21,23)24/h5-10,13H,3-4,11-12H2,1-2H3,(H,20,22). The molecule has 0 aliphatic carbocycles. The van der Waals surface area contributed by atoms with E-state index in [-0.39, 0.29) is 11.7 Å². The molecule has 0 spiro atoms. The van der Waals surface area contributed by atoms with Crippen LogP contribution in [0.1, 0.15) is 23.7 Å². The zero-order valence-corrected chi connectivity index (χ0v) is 16.1. The van der Waals surface area contributed by atoms with Crippen molar-refractivity contribution < 1.29 is 22.7 Å². The third kappa shape index (κ3) is 4.16. The molecule has 2 aromatic rings. The van der Waals surface area contributed by atoms with Crippen LogP contribution in [0.5, 0.6) is 11.5 Å². The minimum atomic E-state index is -3.30. The Kier molecular flexibility index (Phi) is 5.55. The number of benzene rings is 2. The quantitative estimate of drug-likeness (QED) is 0.820. The number of hydrogen-bond acceptors (Lipinski definition) is 5. The SMILES string of the molecule is CCOc1ccc(C(=O)Nc2cc(N3CCCS3(=O)=O)ccc2OC)cc1. The van der Waals surface area contributed by atoms with Gasteiger partial charge in [-0.3, -0.25) is 9.10 Å². The number of rotatable bonds is 6. The van der Waals surface area contributed by atoms with E-state index in [9.17, 15) is 13.2 Å². The maximum Gasteiger partial charge on any atom is 0.255 e. The zero-order chi connectivity index (χ0) is 19.4. The van der Waals surface area contributed by atoms with Crippen LogP contribution in [-0.4, -0.2) is 40.3 Å². The van der Waals surface area contributed by atoms with E-state index in [0.717, 1.165) is 0 Å². The van der Waals surface area contributed by atoms with E-state index in [1.54, 1.807) is 42.5 Å². The molecular formula is C19H22N2O5S. The van der Waals surface area contributed by atoms with E-state index in [0.29, 0.717) is 48.0 Å². The Bertz CT molecular complexity index is 926. The molecule has 8 heteroatoms. The smallest absolute Gasteiger partial charge is 0.255 e. The lowest BCUT2D eigenvalue weighted by molar-refractivity contribution is 0.102. The zero-order valence-electron chi connectivity index (χ0n) is 15.3. The van der Waals surface area contributed by atoms with Crippen molar-refractivity contribution in [1.82, 2.24) is 0 Å². The molecule has 0 bridgehead atoms. The number of carbonyl (C=O) groups excluding carboxylic acids is 1. The Hall–Kier alpha value is -2.74. The molecule has 0 aromatic heterocycles. The van der Waals surface area contributed by atoms with Gasteiger partial charge in [0, 0.05) is 12.1 Å². The largest absolute Gasteiger partial charge is 0.495 e. The normalized spacial score (nSPS) is 15.4. The number of ether oxygens (including phenoxy) is 2. The Morgan fingerprint density at radius 1 is 1.19 bits per heavy atom. The van der Waals surface area contributed by atoms with Crippen molar-refractivity contribution in [3.63, 3.8) is 0 Å². The van der Waals surface area contributed by atoms with Crippen molar-refractivity contribution in [3.05, 3.63) is 48.0 Å². The van der Waals surface area contributed by atoms with Crippen LogP contribution >= 0.6 is 0 Å². The predicted octanol–water partition coefficient (Wildman–Crippen LogP) is 2.89. The average Bonchev–Trinajstić information content (AvgIpc) is 3.01. The van der Waals surface area contributed by atoms with Crippen molar-refractivity contribution >= 4 is 27.3 Å². The fourth-order valence-corrected chi connectivity index (χ4v) is 4.50. The molecule has 0 atom stereocenters. The first kappa shape index (κ1) is 19.0.